The summed E-state index contributed by atoms with van der Waals surface area (Å²) in [6.45, 7) is 6.18. The number of anilines is 1. The molecule has 0 radical (unpaired) electrons. The van der Waals surface area contributed by atoms with Gasteiger partial charge in [-0.1, -0.05) is 18.9 Å². The Morgan fingerprint density at radius 3 is 2.74 bits per heavy atom. The molecule has 3 N–H and O–H groups in total. The minimum absolute atomic E-state index is 0.259. The van der Waals surface area contributed by atoms with Crippen molar-refractivity contribution in [1.29, 1.82) is 0 Å². The van der Waals surface area contributed by atoms with Gasteiger partial charge in [-0.05, 0) is 51.7 Å². The molecule has 1 fully saturated rings. The summed E-state index contributed by atoms with van der Waals surface area (Å²) in [5.41, 5.74) is 0.440. The van der Waals surface area contributed by atoms with Gasteiger partial charge < -0.3 is 20.5 Å². The molecule has 128 valence electrons. The van der Waals surface area contributed by atoms with Crippen molar-refractivity contribution in [2.75, 3.05) is 11.9 Å². The third-order valence-corrected chi connectivity index (χ3v) is 4.01. The van der Waals surface area contributed by atoms with Gasteiger partial charge >= 0.3 is 6.09 Å². The number of rotatable bonds is 4. The maximum atomic E-state index is 11.8. The van der Waals surface area contributed by atoms with Gasteiger partial charge in [0, 0.05) is 24.3 Å². The van der Waals surface area contributed by atoms with Crippen LogP contribution in [0.2, 0.25) is 0 Å². The second-order valence-electron chi connectivity index (χ2n) is 7.23. The van der Waals surface area contributed by atoms with Crippen LogP contribution in [0.5, 0.6) is 5.75 Å². The highest BCUT2D eigenvalue weighted by atomic mass is 16.6. The van der Waals surface area contributed by atoms with Crippen LogP contribution >= 0.6 is 0 Å². The number of hydrogen-bond donors (Lipinski definition) is 3. The molecule has 1 aliphatic rings. The molecule has 1 aromatic rings. The molecule has 2 atom stereocenters. The monoisotopic (exact) mass is 320 g/mol. The molecule has 2 rings (SSSR count). The number of hydrogen-bond acceptors (Lipinski definition) is 4. The smallest absolute Gasteiger partial charge is 0.407 e. The highest BCUT2D eigenvalue weighted by molar-refractivity contribution is 5.67. The van der Waals surface area contributed by atoms with E-state index in [4.69, 9.17) is 4.74 Å². The summed E-state index contributed by atoms with van der Waals surface area (Å²) in [5.74, 6) is 0.618. The van der Waals surface area contributed by atoms with Gasteiger partial charge in [0.05, 0.1) is 0 Å². The van der Waals surface area contributed by atoms with Crippen LogP contribution in [-0.2, 0) is 4.74 Å². The van der Waals surface area contributed by atoms with Crippen LogP contribution in [0.4, 0.5) is 10.5 Å². The molecule has 5 heteroatoms. The molecule has 0 spiro atoms. The predicted octanol–water partition coefficient (Wildman–Crippen LogP) is 3.89. The number of nitrogens with one attached hydrogen (secondary N) is 2. The average molecular weight is 320 g/mol. The number of alkyl carbamates (subject to hydrolysis) is 1. The first-order chi connectivity index (χ1) is 10.8. The summed E-state index contributed by atoms with van der Waals surface area (Å²) in [6, 6.07) is 7.46. The lowest BCUT2D eigenvalue weighted by Gasteiger charge is -2.33. The summed E-state index contributed by atoms with van der Waals surface area (Å²) in [5, 5.41) is 16.0. The van der Waals surface area contributed by atoms with Gasteiger partial charge in [-0.2, -0.15) is 0 Å². The Hall–Kier alpha value is -1.91. The van der Waals surface area contributed by atoms with Crippen LogP contribution in [0.1, 0.15) is 46.5 Å². The maximum absolute atomic E-state index is 11.8. The van der Waals surface area contributed by atoms with Crippen molar-refractivity contribution in [3.63, 3.8) is 0 Å². The third kappa shape index (κ3) is 6.00. The normalized spacial score (nSPS) is 21.5. The molecule has 1 amide bonds. The van der Waals surface area contributed by atoms with Crippen molar-refractivity contribution in [2.24, 2.45) is 5.92 Å². The molecule has 1 aliphatic carbocycles. The zero-order chi connectivity index (χ0) is 16.9. The number of aromatic hydroxyl groups is 1. The average Bonchev–Trinajstić information content (AvgIpc) is 2.44. The molecule has 23 heavy (non-hydrogen) atoms. The topological polar surface area (TPSA) is 70.6 Å². The zero-order valence-corrected chi connectivity index (χ0v) is 14.3. The standard InChI is InChI=1S/C18H28N2O3/c1-18(2,3)23-17(22)19-12-13-7-4-5-10-16(13)20-14-8-6-9-15(21)11-14/h6,8-9,11,13,16,20-21H,4-5,7,10,12H2,1-3H3,(H,19,22). The molecule has 0 saturated heterocycles. The molecule has 0 aliphatic heterocycles. The first-order valence-corrected chi connectivity index (χ1v) is 8.36. The van der Waals surface area contributed by atoms with E-state index in [9.17, 15) is 9.90 Å². The molecule has 0 aromatic heterocycles. The van der Waals surface area contributed by atoms with Crippen molar-refractivity contribution in [2.45, 2.75) is 58.1 Å². The largest absolute Gasteiger partial charge is 0.508 e. The fourth-order valence-electron chi connectivity index (χ4n) is 2.98. The highest BCUT2D eigenvalue weighted by Gasteiger charge is 2.26. The van der Waals surface area contributed by atoms with Crippen LogP contribution in [0, 0.1) is 5.92 Å². The van der Waals surface area contributed by atoms with E-state index in [2.05, 4.69) is 10.6 Å². The summed E-state index contributed by atoms with van der Waals surface area (Å²) in [6.07, 6.45) is 4.14. The van der Waals surface area contributed by atoms with Gasteiger partial charge in [0.25, 0.3) is 0 Å². The van der Waals surface area contributed by atoms with Gasteiger partial charge in [0.1, 0.15) is 11.4 Å². The number of phenolic OH excluding ortho intramolecular Hbond substituents is 1. The van der Waals surface area contributed by atoms with E-state index < -0.39 is 5.60 Å². The first-order valence-electron chi connectivity index (χ1n) is 8.36. The number of ether oxygens (including phenoxy) is 1. The molecule has 1 aromatic carbocycles. The predicted molar refractivity (Wildman–Crippen MR) is 91.7 cm³/mol. The number of carbonyl (C=O) groups excluding carboxylic acids is 1. The molecular weight excluding hydrogens is 292 g/mol. The molecule has 0 bridgehead atoms. The van der Waals surface area contributed by atoms with Crippen LogP contribution in [0.3, 0.4) is 0 Å². The summed E-state index contributed by atoms with van der Waals surface area (Å²) >= 11 is 0. The van der Waals surface area contributed by atoms with E-state index in [1.807, 2.05) is 32.9 Å². The van der Waals surface area contributed by atoms with E-state index in [1.165, 1.54) is 12.8 Å². The Morgan fingerprint density at radius 2 is 2.04 bits per heavy atom. The Morgan fingerprint density at radius 1 is 1.30 bits per heavy atom. The van der Waals surface area contributed by atoms with E-state index in [1.54, 1.807) is 12.1 Å². The Kier molecular flexibility index (Phi) is 5.74. The highest BCUT2D eigenvalue weighted by Crippen LogP contribution is 2.28. The number of amides is 1. The van der Waals surface area contributed by atoms with E-state index in [0.29, 0.717) is 18.5 Å². The minimum Gasteiger partial charge on any atom is -0.508 e. The van der Waals surface area contributed by atoms with Gasteiger partial charge in [-0.15, -0.1) is 0 Å². The van der Waals surface area contributed by atoms with Gasteiger partial charge in [-0.3, -0.25) is 0 Å². The van der Waals surface area contributed by atoms with Crippen molar-refractivity contribution in [3.05, 3.63) is 24.3 Å². The maximum Gasteiger partial charge on any atom is 0.407 e. The Balaban J connectivity index is 1.89. The molecule has 2 unspecified atom stereocenters. The van der Waals surface area contributed by atoms with Crippen molar-refractivity contribution in [1.82, 2.24) is 5.32 Å². The lowest BCUT2D eigenvalue weighted by Crippen LogP contribution is -2.42. The SMILES string of the molecule is CC(C)(C)OC(=O)NCC1CCCCC1Nc1cccc(O)c1. The zero-order valence-electron chi connectivity index (χ0n) is 14.3. The van der Waals surface area contributed by atoms with Crippen molar-refractivity contribution in [3.8, 4) is 5.75 Å². The number of benzene rings is 1. The molecular formula is C18H28N2O3. The van der Waals surface area contributed by atoms with E-state index in [-0.39, 0.29) is 11.8 Å². The van der Waals surface area contributed by atoms with Crippen molar-refractivity contribution >= 4 is 11.8 Å². The fraction of sp³-hybridized carbons (Fsp3) is 0.611. The summed E-state index contributed by atoms with van der Waals surface area (Å²) < 4.78 is 5.29. The van der Waals surface area contributed by atoms with Crippen LogP contribution in [-0.4, -0.2) is 29.4 Å². The molecule has 5 nitrogen and oxygen atoms in total. The summed E-state index contributed by atoms with van der Waals surface area (Å²) in [7, 11) is 0. The van der Waals surface area contributed by atoms with Gasteiger partial charge in [0.2, 0.25) is 0 Å². The first kappa shape index (κ1) is 17.4. The fourth-order valence-corrected chi connectivity index (χ4v) is 2.98. The second-order valence-corrected chi connectivity index (χ2v) is 7.23. The van der Waals surface area contributed by atoms with Crippen LogP contribution in [0.25, 0.3) is 0 Å². The van der Waals surface area contributed by atoms with Gasteiger partial charge in [0.15, 0.2) is 0 Å². The van der Waals surface area contributed by atoms with Crippen LogP contribution in [0.15, 0.2) is 24.3 Å². The molecule has 0 heterocycles. The lowest BCUT2D eigenvalue weighted by molar-refractivity contribution is 0.0514. The number of carbonyl (C=O) groups is 1. The van der Waals surface area contributed by atoms with E-state index >= 15 is 0 Å². The molecule has 1 saturated carbocycles. The van der Waals surface area contributed by atoms with Gasteiger partial charge in [-0.25, -0.2) is 4.79 Å². The third-order valence-electron chi connectivity index (χ3n) is 4.01. The second kappa shape index (κ2) is 7.57. The lowest BCUT2D eigenvalue weighted by atomic mass is 9.84. The Labute approximate surface area is 138 Å². The van der Waals surface area contributed by atoms with Crippen LogP contribution < -0.4 is 10.6 Å². The quantitative estimate of drug-likeness (QED) is 0.787. The van der Waals surface area contributed by atoms with Crippen molar-refractivity contribution < 1.29 is 14.6 Å². The van der Waals surface area contributed by atoms with E-state index in [0.717, 1.165) is 18.5 Å². The Bertz CT molecular complexity index is 525. The minimum atomic E-state index is -0.476. The summed E-state index contributed by atoms with van der Waals surface area (Å²) in [4.78, 5) is 11.8. The number of phenols is 1.